The Labute approximate surface area is 154 Å². The number of ether oxygens (including phenoxy) is 2. The third-order valence-corrected chi connectivity index (χ3v) is 3.99. The Balaban J connectivity index is 1.86. The van der Waals surface area contributed by atoms with E-state index < -0.39 is 5.92 Å². The first-order valence-corrected chi connectivity index (χ1v) is 8.06. The molecular weight excluding hydrogens is 353 g/mol. The molecule has 0 saturated heterocycles. The van der Waals surface area contributed by atoms with Gasteiger partial charge in [-0.15, -0.1) is 0 Å². The highest BCUT2D eigenvalue weighted by molar-refractivity contribution is 5.95. The average Bonchev–Trinajstić information content (AvgIpc) is 3.22. The molecule has 0 spiro atoms. The third kappa shape index (κ3) is 4.38. The van der Waals surface area contributed by atoms with E-state index in [0.717, 1.165) is 5.56 Å². The molecule has 8 nitrogen and oxygen atoms in total. The summed E-state index contributed by atoms with van der Waals surface area (Å²) in [5.41, 5.74) is 1.22. The fourth-order valence-electron chi connectivity index (χ4n) is 2.60. The van der Waals surface area contributed by atoms with Crippen LogP contribution in [0.2, 0.25) is 0 Å². The first-order valence-electron chi connectivity index (χ1n) is 8.06. The lowest BCUT2D eigenvalue weighted by molar-refractivity contribution is -0.117. The molecule has 0 fully saturated rings. The summed E-state index contributed by atoms with van der Waals surface area (Å²) < 4.78 is 23.6. The molecule has 1 heterocycles. The molecule has 1 N–H and O–H groups in total. The Morgan fingerprint density at radius 3 is 2.59 bits per heavy atom. The summed E-state index contributed by atoms with van der Waals surface area (Å²) in [6.07, 6.45) is 0.258. The van der Waals surface area contributed by atoms with E-state index in [1.807, 2.05) is 0 Å². The van der Waals surface area contributed by atoms with Crippen molar-refractivity contribution in [2.75, 3.05) is 19.5 Å². The van der Waals surface area contributed by atoms with Crippen molar-refractivity contribution < 1.29 is 18.7 Å². The van der Waals surface area contributed by atoms with E-state index in [1.54, 1.807) is 25.3 Å². The second kappa shape index (κ2) is 8.26. The number of halogens is 1. The zero-order valence-corrected chi connectivity index (χ0v) is 14.7. The van der Waals surface area contributed by atoms with E-state index in [2.05, 4.69) is 25.9 Å². The van der Waals surface area contributed by atoms with E-state index in [-0.39, 0.29) is 24.0 Å². The highest BCUT2D eigenvalue weighted by atomic mass is 19.1. The first kappa shape index (κ1) is 18.3. The summed E-state index contributed by atoms with van der Waals surface area (Å²) in [6.45, 7) is 0. The molecule has 140 valence electrons. The van der Waals surface area contributed by atoms with Crippen LogP contribution in [0, 0.1) is 5.82 Å². The van der Waals surface area contributed by atoms with Crippen molar-refractivity contribution in [3.05, 3.63) is 59.7 Å². The highest BCUT2D eigenvalue weighted by Crippen LogP contribution is 2.29. The number of methoxy groups -OCH3 is 2. The van der Waals surface area contributed by atoms with Gasteiger partial charge in [0.25, 0.3) is 0 Å². The van der Waals surface area contributed by atoms with E-state index in [4.69, 9.17) is 9.47 Å². The van der Waals surface area contributed by atoms with E-state index in [9.17, 15) is 9.18 Å². The minimum Gasteiger partial charge on any atom is -0.497 e. The fraction of sp³-hybridized carbons (Fsp3) is 0.222. The third-order valence-electron chi connectivity index (χ3n) is 3.99. The van der Waals surface area contributed by atoms with Gasteiger partial charge in [0.2, 0.25) is 5.91 Å². The van der Waals surface area contributed by atoms with Gasteiger partial charge in [-0.25, -0.2) is 4.39 Å². The smallest absolute Gasteiger partial charge is 0.232 e. The Hall–Kier alpha value is -3.49. The topological polar surface area (TPSA) is 100 Å². The van der Waals surface area contributed by atoms with Gasteiger partial charge in [0.1, 0.15) is 17.3 Å². The van der Waals surface area contributed by atoms with Crippen molar-refractivity contribution in [2.45, 2.75) is 12.3 Å². The Kier molecular flexibility index (Phi) is 5.60. The van der Waals surface area contributed by atoms with Crippen LogP contribution in [-0.4, -0.2) is 35.7 Å². The summed E-state index contributed by atoms with van der Waals surface area (Å²) in [5, 5.41) is 17.3. The normalized spacial score (nSPS) is 11.7. The zero-order valence-electron chi connectivity index (χ0n) is 14.7. The molecule has 0 saturated carbocycles. The van der Waals surface area contributed by atoms with Crippen LogP contribution in [0.1, 0.15) is 17.3 Å². The minimum absolute atomic E-state index is 0.187. The summed E-state index contributed by atoms with van der Waals surface area (Å²) in [6, 6.07) is 10.8. The Morgan fingerprint density at radius 2 is 1.96 bits per heavy atom. The van der Waals surface area contributed by atoms with Crippen LogP contribution in [0.3, 0.4) is 0 Å². The second-order valence-electron chi connectivity index (χ2n) is 5.67. The minimum atomic E-state index is -0.757. The fourth-order valence-corrected chi connectivity index (χ4v) is 2.60. The van der Waals surface area contributed by atoms with Crippen LogP contribution in [0.4, 0.5) is 10.1 Å². The lowest BCUT2D eigenvalue weighted by Gasteiger charge is -2.19. The van der Waals surface area contributed by atoms with Crippen molar-refractivity contribution in [2.24, 2.45) is 0 Å². The van der Waals surface area contributed by atoms with Crippen molar-refractivity contribution in [1.29, 1.82) is 0 Å². The zero-order chi connectivity index (χ0) is 19.2. The number of tetrazole rings is 1. The van der Waals surface area contributed by atoms with Crippen molar-refractivity contribution in [3.8, 4) is 11.5 Å². The number of carbonyl (C=O) groups is 1. The molecule has 1 amide bonds. The number of hydrogen-bond acceptors (Lipinski definition) is 6. The molecule has 9 heteroatoms. The molecule has 1 atom stereocenters. The highest BCUT2D eigenvalue weighted by Gasteiger charge is 2.23. The maximum absolute atomic E-state index is 13.1. The molecular formula is C18H17FN5O3-. The lowest BCUT2D eigenvalue weighted by Crippen LogP contribution is -2.24. The van der Waals surface area contributed by atoms with Crippen LogP contribution < -0.4 is 19.9 Å². The number of nitrogens with zero attached hydrogens (tertiary/aromatic N) is 4. The average molecular weight is 370 g/mol. The van der Waals surface area contributed by atoms with Crippen LogP contribution in [0.25, 0.3) is 0 Å². The molecule has 2 aromatic carbocycles. The van der Waals surface area contributed by atoms with Crippen molar-refractivity contribution in [1.82, 2.24) is 20.6 Å². The van der Waals surface area contributed by atoms with Crippen molar-refractivity contribution >= 4 is 11.6 Å². The first-order chi connectivity index (χ1) is 13.1. The monoisotopic (exact) mass is 370 g/mol. The Morgan fingerprint density at radius 1 is 1.19 bits per heavy atom. The summed E-state index contributed by atoms with van der Waals surface area (Å²) in [4.78, 5) is 12.8. The molecule has 3 aromatic rings. The van der Waals surface area contributed by atoms with Gasteiger partial charge in [-0.2, -0.15) is 5.21 Å². The standard InChI is InChI=1S/C18H18FN5O3/c1-26-14-8-3-11(16(10-14)27-2)9-15(17-21-23-24-22-17)18(25)20-13-6-4-12(19)5-7-13/h3-8,10,15H,9H2,1-2H3,(H2,20,21,22,23,24,25)/p-1/t15-/m1/s1. The number of rotatable bonds is 7. The number of nitrogens with one attached hydrogen (secondary N) is 1. The predicted molar refractivity (Wildman–Crippen MR) is 94.2 cm³/mol. The number of anilines is 1. The number of benzene rings is 2. The summed E-state index contributed by atoms with van der Waals surface area (Å²) in [5.74, 6) is -0.119. The van der Waals surface area contributed by atoms with Gasteiger partial charge in [0.15, 0.2) is 0 Å². The molecule has 3 rings (SSSR count). The largest absolute Gasteiger partial charge is 0.497 e. The van der Waals surface area contributed by atoms with Gasteiger partial charge >= 0.3 is 0 Å². The van der Waals surface area contributed by atoms with E-state index in [1.165, 1.54) is 31.4 Å². The van der Waals surface area contributed by atoms with Gasteiger partial charge in [-0.1, -0.05) is 6.07 Å². The van der Waals surface area contributed by atoms with E-state index >= 15 is 0 Å². The summed E-state index contributed by atoms with van der Waals surface area (Å²) in [7, 11) is 3.09. The molecule has 1 aromatic heterocycles. The quantitative estimate of drug-likeness (QED) is 0.678. The predicted octanol–water partition coefficient (Wildman–Crippen LogP) is 1.95. The molecule has 0 aliphatic rings. The van der Waals surface area contributed by atoms with Gasteiger partial charge in [-0.05, 0) is 42.3 Å². The molecule has 0 aliphatic heterocycles. The van der Waals surface area contributed by atoms with Crippen LogP contribution in [0.5, 0.6) is 11.5 Å². The lowest BCUT2D eigenvalue weighted by atomic mass is 9.96. The van der Waals surface area contributed by atoms with E-state index in [0.29, 0.717) is 17.2 Å². The van der Waals surface area contributed by atoms with Gasteiger partial charge < -0.3 is 19.9 Å². The summed E-state index contributed by atoms with van der Waals surface area (Å²) >= 11 is 0. The molecule has 0 aliphatic carbocycles. The van der Waals surface area contributed by atoms with Crippen LogP contribution in [0.15, 0.2) is 42.5 Å². The number of aromatic nitrogens is 4. The molecule has 0 unspecified atom stereocenters. The van der Waals surface area contributed by atoms with Gasteiger partial charge in [-0.3, -0.25) is 15.1 Å². The van der Waals surface area contributed by atoms with Crippen molar-refractivity contribution in [3.63, 3.8) is 0 Å². The van der Waals surface area contributed by atoms with Gasteiger partial charge in [0, 0.05) is 17.6 Å². The SMILES string of the molecule is COc1ccc(C[C@@H](C(=O)Nc2ccc(F)cc2)c2nnn[n-]2)c(OC)c1. The van der Waals surface area contributed by atoms with Gasteiger partial charge in [0.05, 0.1) is 20.1 Å². The number of amides is 1. The number of carbonyl (C=O) groups excluding carboxylic acids is 1. The van der Waals surface area contributed by atoms with Crippen LogP contribution in [-0.2, 0) is 11.2 Å². The van der Waals surface area contributed by atoms with Crippen LogP contribution >= 0.6 is 0 Å². The second-order valence-corrected chi connectivity index (χ2v) is 5.67. The maximum atomic E-state index is 13.1. The molecule has 0 bridgehead atoms. The maximum Gasteiger partial charge on any atom is 0.232 e. The molecule has 27 heavy (non-hydrogen) atoms. The number of hydrogen-bond donors (Lipinski definition) is 1. The Bertz CT molecular complexity index is 900. The molecule has 0 radical (unpaired) electrons.